The predicted molar refractivity (Wildman–Crippen MR) is 62.8 cm³/mol. The van der Waals surface area contributed by atoms with Gasteiger partial charge in [-0.2, -0.15) is 0 Å². The minimum Gasteiger partial charge on any atom is -0.464 e. The second kappa shape index (κ2) is 5.18. The quantitative estimate of drug-likeness (QED) is 0.828. The standard InChI is InChI=1S/C13H14FNO3/c1-2-17-12(16)13(7-8-18-15-13)9-10-3-5-11(14)6-4-10/h3-8,15H,2,9H2,1H3. The van der Waals surface area contributed by atoms with Crippen LogP contribution in [0.15, 0.2) is 36.6 Å². The summed E-state index contributed by atoms with van der Waals surface area (Å²) in [6, 6.07) is 5.97. The van der Waals surface area contributed by atoms with Crippen molar-refractivity contribution in [3.05, 3.63) is 48.0 Å². The fraction of sp³-hybridized carbons (Fsp3) is 0.308. The maximum Gasteiger partial charge on any atom is 0.334 e. The van der Waals surface area contributed by atoms with E-state index in [1.807, 2.05) is 0 Å². The van der Waals surface area contributed by atoms with Gasteiger partial charge in [-0.1, -0.05) is 12.1 Å². The van der Waals surface area contributed by atoms with Gasteiger partial charge in [-0.05, 0) is 30.7 Å². The molecule has 0 aliphatic carbocycles. The van der Waals surface area contributed by atoms with E-state index < -0.39 is 11.5 Å². The molecule has 1 aromatic carbocycles. The Morgan fingerprint density at radius 1 is 1.44 bits per heavy atom. The van der Waals surface area contributed by atoms with Crippen LogP contribution in [0.5, 0.6) is 0 Å². The molecule has 2 rings (SSSR count). The van der Waals surface area contributed by atoms with Gasteiger partial charge in [0.05, 0.1) is 6.61 Å². The highest BCUT2D eigenvalue weighted by molar-refractivity contribution is 5.84. The fourth-order valence-corrected chi connectivity index (χ4v) is 1.78. The summed E-state index contributed by atoms with van der Waals surface area (Å²) >= 11 is 0. The molecule has 0 fully saturated rings. The van der Waals surface area contributed by atoms with E-state index in [0.717, 1.165) is 5.56 Å². The number of carbonyl (C=O) groups excluding carboxylic acids is 1. The minimum atomic E-state index is -1.03. The Morgan fingerprint density at radius 3 is 2.72 bits per heavy atom. The second-order valence-corrected chi connectivity index (χ2v) is 4.02. The van der Waals surface area contributed by atoms with Crippen molar-refractivity contribution in [1.29, 1.82) is 0 Å². The maximum absolute atomic E-state index is 12.8. The van der Waals surface area contributed by atoms with Gasteiger partial charge in [0.1, 0.15) is 12.1 Å². The zero-order valence-electron chi connectivity index (χ0n) is 9.98. The average molecular weight is 251 g/mol. The van der Waals surface area contributed by atoms with Crippen LogP contribution in [0, 0.1) is 5.82 Å². The number of nitrogens with one attached hydrogen (secondary N) is 1. The first kappa shape index (κ1) is 12.6. The number of hydroxylamine groups is 1. The Labute approximate surface area is 104 Å². The van der Waals surface area contributed by atoms with Gasteiger partial charge in [0.25, 0.3) is 0 Å². The Hall–Kier alpha value is -1.88. The number of benzene rings is 1. The van der Waals surface area contributed by atoms with Gasteiger partial charge in [0.2, 0.25) is 0 Å². The van der Waals surface area contributed by atoms with Crippen molar-refractivity contribution < 1.29 is 18.8 Å². The zero-order valence-corrected chi connectivity index (χ0v) is 9.98. The zero-order chi connectivity index (χ0) is 13.0. The van der Waals surface area contributed by atoms with E-state index in [9.17, 15) is 9.18 Å². The van der Waals surface area contributed by atoms with E-state index in [1.165, 1.54) is 18.4 Å². The second-order valence-electron chi connectivity index (χ2n) is 4.02. The molecule has 1 unspecified atom stereocenters. The van der Waals surface area contributed by atoms with Gasteiger partial charge in [-0.15, -0.1) is 5.48 Å². The molecule has 0 radical (unpaired) electrons. The molecule has 96 valence electrons. The van der Waals surface area contributed by atoms with Crippen molar-refractivity contribution >= 4 is 5.97 Å². The molecule has 1 N–H and O–H groups in total. The number of rotatable bonds is 4. The Balaban J connectivity index is 2.18. The number of hydrogen-bond donors (Lipinski definition) is 1. The van der Waals surface area contributed by atoms with Gasteiger partial charge < -0.3 is 9.57 Å². The summed E-state index contributed by atoms with van der Waals surface area (Å²) in [6.45, 7) is 2.03. The van der Waals surface area contributed by atoms with Gasteiger partial charge in [-0.25, -0.2) is 9.18 Å². The highest BCUT2D eigenvalue weighted by Crippen LogP contribution is 2.21. The first-order valence-electron chi connectivity index (χ1n) is 5.68. The van der Waals surface area contributed by atoms with Crippen LogP contribution in [0.2, 0.25) is 0 Å². The molecule has 1 atom stereocenters. The van der Waals surface area contributed by atoms with E-state index in [0.29, 0.717) is 13.0 Å². The molecule has 5 heteroatoms. The summed E-state index contributed by atoms with van der Waals surface area (Å²) in [4.78, 5) is 16.9. The fourth-order valence-electron chi connectivity index (χ4n) is 1.78. The average Bonchev–Trinajstić information content (AvgIpc) is 2.82. The van der Waals surface area contributed by atoms with Crippen LogP contribution in [0.25, 0.3) is 0 Å². The summed E-state index contributed by atoms with van der Waals surface area (Å²) in [5.74, 6) is -0.724. The SMILES string of the molecule is CCOC(=O)C1(Cc2ccc(F)cc2)C=CON1. The smallest absolute Gasteiger partial charge is 0.334 e. The lowest BCUT2D eigenvalue weighted by atomic mass is 9.92. The summed E-state index contributed by atoms with van der Waals surface area (Å²) in [5, 5.41) is 0. The summed E-state index contributed by atoms with van der Waals surface area (Å²) in [5.41, 5.74) is 2.42. The largest absolute Gasteiger partial charge is 0.464 e. The number of hydrogen-bond acceptors (Lipinski definition) is 4. The lowest BCUT2D eigenvalue weighted by Crippen LogP contribution is -2.49. The highest BCUT2D eigenvalue weighted by Gasteiger charge is 2.41. The third-order valence-corrected chi connectivity index (χ3v) is 2.70. The molecule has 1 aliphatic heterocycles. The Bertz CT molecular complexity index is 458. The first-order chi connectivity index (χ1) is 8.66. The van der Waals surface area contributed by atoms with Crippen molar-refractivity contribution in [2.45, 2.75) is 18.9 Å². The van der Waals surface area contributed by atoms with Crippen LogP contribution < -0.4 is 5.48 Å². The van der Waals surface area contributed by atoms with Crippen molar-refractivity contribution in [3.63, 3.8) is 0 Å². The van der Waals surface area contributed by atoms with E-state index in [2.05, 4.69) is 5.48 Å². The molecule has 0 saturated carbocycles. The normalized spacial score (nSPS) is 21.7. The molecular weight excluding hydrogens is 237 g/mol. The summed E-state index contributed by atoms with van der Waals surface area (Å²) in [7, 11) is 0. The molecule has 1 heterocycles. The maximum atomic E-state index is 12.8. The Morgan fingerprint density at radius 2 is 2.17 bits per heavy atom. The van der Waals surface area contributed by atoms with Crippen molar-refractivity contribution in [1.82, 2.24) is 5.48 Å². The third-order valence-electron chi connectivity index (χ3n) is 2.70. The first-order valence-corrected chi connectivity index (χ1v) is 5.68. The van der Waals surface area contributed by atoms with Crippen LogP contribution in [0.4, 0.5) is 4.39 Å². The van der Waals surface area contributed by atoms with Crippen molar-refractivity contribution in [3.8, 4) is 0 Å². The predicted octanol–water partition coefficient (Wildman–Crippen LogP) is 1.72. The van der Waals surface area contributed by atoms with Gasteiger partial charge in [0.15, 0.2) is 5.54 Å². The lowest BCUT2D eigenvalue weighted by Gasteiger charge is -2.23. The van der Waals surface area contributed by atoms with Crippen molar-refractivity contribution in [2.24, 2.45) is 0 Å². The molecule has 18 heavy (non-hydrogen) atoms. The third kappa shape index (κ3) is 2.51. The molecule has 0 bridgehead atoms. The van der Waals surface area contributed by atoms with E-state index in [-0.39, 0.29) is 5.82 Å². The lowest BCUT2D eigenvalue weighted by molar-refractivity contribution is -0.151. The van der Waals surface area contributed by atoms with E-state index in [4.69, 9.17) is 9.57 Å². The van der Waals surface area contributed by atoms with Crippen LogP contribution in [-0.2, 0) is 20.8 Å². The molecule has 0 saturated heterocycles. The van der Waals surface area contributed by atoms with Gasteiger partial charge >= 0.3 is 5.97 Å². The molecule has 0 spiro atoms. The van der Waals surface area contributed by atoms with Gasteiger partial charge in [0, 0.05) is 6.42 Å². The molecule has 0 aromatic heterocycles. The topological polar surface area (TPSA) is 47.6 Å². The Kier molecular flexibility index (Phi) is 3.62. The molecule has 1 aromatic rings. The molecule has 0 amide bonds. The van der Waals surface area contributed by atoms with Gasteiger partial charge in [-0.3, -0.25) is 0 Å². The van der Waals surface area contributed by atoms with E-state index in [1.54, 1.807) is 25.1 Å². The molecule has 4 nitrogen and oxygen atoms in total. The number of ether oxygens (including phenoxy) is 1. The van der Waals surface area contributed by atoms with Crippen LogP contribution in [0.1, 0.15) is 12.5 Å². The number of halogens is 1. The highest BCUT2D eigenvalue weighted by atomic mass is 19.1. The summed E-state index contributed by atoms with van der Waals surface area (Å²) < 4.78 is 17.8. The van der Waals surface area contributed by atoms with Crippen LogP contribution in [0.3, 0.4) is 0 Å². The number of esters is 1. The summed E-state index contributed by atoms with van der Waals surface area (Å²) in [6.07, 6.45) is 3.34. The molecule has 1 aliphatic rings. The molecular formula is C13H14FNO3. The van der Waals surface area contributed by atoms with Crippen LogP contribution in [-0.4, -0.2) is 18.1 Å². The minimum absolute atomic E-state index is 0.291. The monoisotopic (exact) mass is 251 g/mol. The van der Waals surface area contributed by atoms with Crippen molar-refractivity contribution in [2.75, 3.05) is 6.61 Å². The van der Waals surface area contributed by atoms with Crippen LogP contribution >= 0.6 is 0 Å². The number of carbonyl (C=O) groups is 1. The van der Waals surface area contributed by atoms with E-state index >= 15 is 0 Å².